The van der Waals surface area contributed by atoms with Crippen molar-refractivity contribution in [3.05, 3.63) is 118 Å². The van der Waals surface area contributed by atoms with Crippen molar-refractivity contribution in [3.63, 3.8) is 0 Å². The molecule has 1 aliphatic rings. The Hall–Kier alpha value is -2.75. The Morgan fingerprint density at radius 2 is 1.16 bits per heavy atom. The van der Waals surface area contributed by atoms with Crippen LogP contribution in [0.1, 0.15) is 71.8 Å². The first-order valence-electron chi connectivity index (χ1n) is 11.3. The van der Waals surface area contributed by atoms with Gasteiger partial charge in [0.2, 0.25) is 0 Å². The first-order valence-corrected chi connectivity index (χ1v) is 11.7. The van der Waals surface area contributed by atoms with E-state index < -0.39 is 0 Å². The SMILES string of the molecule is C=CCCc1ccc(C2CCC(c3ccc(C#Cc4ccc(Cl)cc4)cc3)CC2)cc1. The summed E-state index contributed by atoms with van der Waals surface area (Å²) in [4.78, 5) is 0. The highest BCUT2D eigenvalue weighted by atomic mass is 35.5. The lowest BCUT2D eigenvalue weighted by molar-refractivity contribution is 0.396. The van der Waals surface area contributed by atoms with Gasteiger partial charge in [0.1, 0.15) is 0 Å². The second-order valence-electron chi connectivity index (χ2n) is 8.50. The van der Waals surface area contributed by atoms with Gasteiger partial charge in [0.25, 0.3) is 0 Å². The van der Waals surface area contributed by atoms with Gasteiger partial charge in [0.05, 0.1) is 0 Å². The molecular formula is C30H29Cl. The maximum absolute atomic E-state index is 5.94. The highest BCUT2D eigenvalue weighted by molar-refractivity contribution is 6.30. The van der Waals surface area contributed by atoms with Crippen LogP contribution in [0.25, 0.3) is 0 Å². The third kappa shape index (κ3) is 5.90. The molecule has 4 rings (SSSR count). The quantitative estimate of drug-likeness (QED) is 0.285. The third-order valence-electron chi connectivity index (χ3n) is 6.39. The van der Waals surface area contributed by atoms with E-state index in [-0.39, 0.29) is 0 Å². The highest BCUT2D eigenvalue weighted by Gasteiger charge is 2.23. The molecule has 3 aromatic carbocycles. The Labute approximate surface area is 192 Å². The van der Waals surface area contributed by atoms with Crippen LogP contribution >= 0.6 is 11.6 Å². The van der Waals surface area contributed by atoms with E-state index in [9.17, 15) is 0 Å². The van der Waals surface area contributed by atoms with Crippen molar-refractivity contribution in [2.75, 3.05) is 0 Å². The van der Waals surface area contributed by atoms with Gasteiger partial charge < -0.3 is 0 Å². The molecule has 1 aliphatic carbocycles. The summed E-state index contributed by atoms with van der Waals surface area (Å²) < 4.78 is 0. The molecule has 0 amide bonds. The first kappa shape index (κ1) is 21.5. The fraction of sp³-hybridized carbons (Fsp3) is 0.267. The van der Waals surface area contributed by atoms with E-state index in [4.69, 9.17) is 11.6 Å². The highest BCUT2D eigenvalue weighted by Crippen LogP contribution is 2.40. The molecular weight excluding hydrogens is 396 g/mol. The van der Waals surface area contributed by atoms with Gasteiger partial charge in [-0.15, -0.1) is 6.58 Å². The monoisotopic (exact) mass is 424 g/mol. The minimum Gasteiger partial charge on any atom is -0.103 e. The van der Waals surface area contributed by atoms with Gasteiger partial charge in [0, 0.05) is 16.1 Å². The van der Waals surface area contributed by atoms with Crippen molar-refractivity contribution in [3.8, 4) is 11.8 Å². The molecule has 156 valence electrons. The number of hydrogen-bond acceptors (Lipinski definition) is 0. The molecule has 0 aliphatic heterocycles. The smallest absolute Gasteiger partial charge is 0.0406 e. The molecule has 0 aromatic heterocycles. The van der Waals surface area contributed by atoms with Gasteiger partial charge in [0.15, 0.2) is 0 Å². The summed E-state index contributed by atoms with van der Waals surface area (Å²) in [5.74, 6) is 7.84. The summed E-state index contributed by atoms with van der Waals surface area (Å²) in [6, 6.07) is 25.8. The second-order valence-corrected chi connectivity index (χ2v) is 8.93. The van der Waals surface area contributed by atoms with Gasteiger partial charge in [-0.25, -0.2) is 0 Å². The Morgan fingerprint density at radius 3 is 1.65 bits per heavy atom. The van der Waals surface area contributed by atoms with Crippen LogP contribution in [-0.4, -0.2) is 0 Å². The topological polar surface area (TPSA) is 0 Å². The van der Waals surface area contributed by atoms with Gasteiger partial charge >= 0.3 is 0 Å². The van der Waals surface area contributed by atoms with Crippen molar-refractivity contribution >= 4 is 11.6 Å². The molecule has 3 aromatic rings. The van der Waals surface area contributed by atoms with Crippen LogP contribution in [0.5, 0.6) is 0 Å². The molecule has 0 bridgehead atoms. The van der Waals surface area contributed by atoms with Crippen LogP contribution in [0.15, 0.2) is 85.5 Å². The van der Waals surface area contributed by atoms with Crippen LogP contribution in [0.2, 0.25) is 5.02 Å². The average Bonchev–Trinajstić information content (AvgIpc) is 2.83. The van der Waals surface area contributed by atoms with E-state index in [2.05, 4.69) is 67.0 Å². The number of rotatable bonds is 5. The molecule has 0 nitrogen and oxygen atoms in total. The number of allylic oxidation sites excluding steroid dienone is 1. The van der Waals surface area contributed by atoms with Gasteiger partial charge in [-0.3, -0.25) is 0 Å². The zero-order chi connectivity index (χ0) is 21.5. The van der Waals surface area contributed by atoms with E-state index in [1.54, 1.807) is 0 Å². The number of halogens is 1. The lowest BCUT2D eigenvalue weighted by atomic mass is 9.76. The second kappa shape index (κ2) is 10.5. The number of benzene rings is 3. The zero-order valence-electron chi connectivity index (χ0n) is 18.0. The van der Waals surface area contributed by atoms with Crippen LogP contribution in [0.3, 0.4) is 0 Å². The van der Waals surface area contributed by atoms with E-state index in [1.807, 2.05) is 30.3 Å². The first-order chi connectivity index (χ1) is 15.2. The number of aryl methyl sites for hydroxylation is 1. The molecule has 0 atom stereocenters. The average molecular weight is 425 g/mol. The predicted molar refractivity (Wildman–Crippen MR) is 133 cm³/mol. The lowest BCUT2D eigenvalue weighted by Gasteiger charge is -2.29. The molecule has 1 saturated carbocycles. The molecule has 0 heterocycles. The third-order valence-corrected chi connectivity index (χ3v) is 6.64. The molecule has 1 heteroatoms. The molecule has 0 radical (unpaired) electrons. The fourth-order valence-electron chi connectivity index (χ4n) is 4.50. The van der Waals surface area contributed by atoms with Crippen molar-refractivity contribution in [2.24, 2.45) is 0 Å². The molecule has 1 fully saturated rings. The van der Waals surface area contributed by atoms with E-state index in [0.717, 1.165) is 29.0 Å². The molecule has 0 N–H and O–H groups in total. The maximum Gasteiger partial charge on any atom is 0.0406 e. The Kier molecular flexibility index (Phi) is 7.29. The minimum atomic E-state index is 0.668. The molecule has 0 unspecified atom stereocenters. The van der Waals surface area contributed by atoms with Crippen LogP contribution in [0.4, 0.5) is 0 Å². The molecule has 0 saturated heterocycles. The van der Waals surface area contributed by atoms with Gasteiger partial charge in [-0.2, -0.15) is 0 Å². The zero-order valence-corrected chi connectivity index (χ0v) is 18.7. The van der Waals surface area contributed by atoms with Crippen molar-refractivity contribution in [1.29, 1.82) is 0 Å². The largest absolute Gasteiger partial charge is 0.103 e. The number of hydrogen-bond donors (Lipinski definition) is 0. The summed E-state index contributed by atoms with van der Waals surface area (Å²) in [6.07, 6.45) is 9.21. The van der Waals surface area contributed by atoms with E-state index in [1.165, 1.54) is 42.4 Å². The fourth-order valence-corrected chi connectivity index (χ4v) is 4.63. The lowest BCUT2D eigenvalue weighted by Crippen LogP contribution is -2.12. The normalized spacial score (nSPS) is 18.1. The van der Waals surface area contributed by atoms with Crippen molar-refractivity contribution < 1.29 is 0 Å². The Bertz CT molecular complexity index is 1040. The van der Waals surface area contributed by atoms with Crippen molar-refractivity contribution in [2.45, 2.75) is 50.4 Å². The molecule has 31 heavy (non-hydrogen) atoms. The van der Waals surface area contributed by atoms with Gasteiger partial charge in [-0.05, 0) is 103 Å². The van der Waals surface area contributed by atoms with E-state index >= 15 is 0 Å². The van der Waals surface area contributed by atoms with Crippen LogP contribution < -0.4 is 0 Å². The van der Waals surface area contributed by atoms with Crippen LogP contribution in [0, 0.1) is 11.8 Å². The summed E-state index contributed by atoms with van der Waals surface area (Å²) in [7, 11) is 0. The maximum atomic E-state index is 5.94. The summed E-state index contributed by atoms with van der Waals surface area (Å²) >= 11 is 5.94. The van der Waals surface area contributed by atoms with Crippen molar-refractivity contribution in [1.82, 2.24) is 0 Å². The van der Waals surface area contributed by atoms with E-state index in [0.29, 0.717) is 11.8 Å². The standard InChI is InChI=1S/C30H29Cl/c1-2-3-4-23-7-13-26(14-8-23)28-17-19-29(20-18-28)27-15-9-24(10-16-27)5-6-25-11-21-30(31)22-12-25/h2,7-16,21-22,28-29H,1,3-4,17-20H2. The van der Waals surface area contributed by atoms with Crippen LogP contribution in [-0.2, 0) is 6.42 Å². The summed E-state index contributed by atoms with van der Waals surface area (Å²) in [6.45, 7) is 3.82. The Morgan fingerprint density at radius 1 is 0.710 bits per heavy atom. The molecule has 0 spiro atoms. The Balaban J connectivity index is 1.32. The summed E-state index contributed by atoms with van der Waals surface area (Å²) in [5, 5.41) is 0.741. The summed E-state index contributed by atoms with van der Waals surface area (Å²) in [5.41, 5.74) is 6.42. The minimum absolute atomic E-state index is 0.668. The predicted octanol–water partition coefficient (Wildman–Crippen LogP) is 8.30. The van der Waals surface area contributed by atoms with Gasteiger partial charge in [-0.1, -0.05) is 65.9 Å².